The zero-order chi connectivity index (χ0) is 20.5. The molecule has 5 nitrogen and oxygen atoms in total. The smallest absolute Gasteiger partial charge is 0.217 e. The number of rotatable bonds is 5. The van der Waals surface area contributed by atoms with Gasteiger partial charge in [0.1, 0.15) is 17.2 Å². The molecule has 0 saturated heterocycles. The van der Waals surface area contributed by atoms with Crippen LogP contribution in [0, 0.1) is 0 Å². The number of hydrogen-bond acceptors (Lipinski definition) is 5. The second kappa shape index (κ2) is 7.75. The summed E-state index contributed by atoms with van der Waals surface area (Å²) in [6.07, 6.45) is 0.475. The van der Waals surface area contributed by atoms with Crippen molar-refractivity contribution in [3.8, 4) is 17.2 Å². The summed E-state index contributed by atoms with van der Waals surface area (Å²) in [4.78, 5) is 0. The summed E-state index contributed by atoms with van der Waals surface area (Å²) < 4.78 is 17.7. The molecule has 0 aromatic heterocycles. The highest BCUT2D eigenvalue weighted by Gasteiger charge is 2.41. The fourth-order valence-electron chi connectivity index (χ4n) is 4.17. The van der Waals surface area contributed by atoms with E-state index in [4.69, 9.17) is 19.3 Å². The lowest BCUT2D eigenvalue weighted by molar-refractivity contribution is -0.0205. The van der Waals surface area contributed by atoms with E-state index in [0.29, 0.717) is 6.61 Å². The molecule has 30 heavy (non-hydrogen) atoms. The number of fused-ring (bicyclic) bond motifs is 3. The third kappa shape index (κ3) is 3.16. The first-order valence-corrected chi connectivity index (χ1v) is 10.3. The van der Waals surface area contributed by atoms with Crippen LogP contribution in [0.2, 0.25) is 0 Å². The van der Waals surface area contributed by atoms with Crippen LogP contribution in [0.1, 0.15) is 42.3 Å². The summed E-state index contributed by atoms with van der Waals surface area (Å²) in [6.45, 7) is 2.59. The third-order valence-corrected chi connectivity index (χ3v) is 5.61. The molecule has 0 radical (unpaired) electrons. The van der Waals surface area contributed by atoms with Crippen LogP contribution >= 0.6 is 0 Å². The van der Waals surface area contributed by atoms with Gasteiger partial charge in [-0.3, -0.25) is 0 Å². The molecule has 2 unspecified atom stereocenters. The van der Waals surface area contributed by atoms with E-state index >= 15 is 0 Å². The van der Waals surface area contributed by atoms with Crippen LogP contribution in [-0.2, 0) is 0 Å². The normalized spacial score (nSPS) is 19.4. The lowest BCUT2D eigenvalue weighted by atomic mass is 9.96. The molecule has 2 aliphatic heterocycles. The zero-order valence-electron chi connectivity index (χ0n) is 17.1. The Balaban J connectivity index is 1.57. The maximum absolute atomic E-state index is 6.46. The lowest BCUT2D eigenvalue weighted by Crippen LogP contribution is -2.34. The first-order chi connectivity index (χ1) is 14.8. The number of benzene rings is 3. The summed E-state index contributed by atoms with van der Waals surface area (Å²) in [5, 5.41) is 7.11. The van der Waals surface area contributed by atoms with Crippen LogP contribution in [0.3, 0.4) is 0 Å². The highest BCUT2D eigenvalue weighted by atomic mass is 16.5. The Hall–Kier alpha value is -3.47. The van der Waals surface area contributed by atoms with Crippen molar-refractivity contribution in [3.05, 3.63) is 89.5 Å². The van der Waals surface area contributed by atoms with E-state index in [1.807, 2.05) is 49.4 Å². The Morgan fingerprint density at radius 2 is 1.70 bits per heavy atom. The summed E-state index contributed by atoms with van der Waals surface area (Å²) in [5.41, 5.74) is 4.29. The standard InChI is InChI=1S/C25H24N2O3/c1-3-29-23-10-6-5-9-20(23)25-27-22(19-8-4-7-11-24(19)30-25)16-21(26-27)17-12-14-18(28-2)15-13-17/h4-15,22,25H,3,16H2,1-2H3. The molecule has 5 rings (SSSR count). The van der Waals surface area contributed by atoms with Gasteiger partial charge in [-0.05, 0) is 55.0 Å². The van der Waals surface area contributed by atoms with Gasteiger partial charge < -0.3 is 14.2 Å². The fraction of sp³-hybridized carbons (Fsp3) is 0.240. The average Bonchev–Trinajstić information content (AvgIpc) is 3.25. The molecule has 2 atom stereocenters. The van der Waals surface area contributed by atoms with Gasteiger partial charge in [-0.1, -0.05) is 30.3 Å². The summed E-state index contributed by atoms with van der Waals surface area (Å²) in [5.74, 6) is 2.57. The van der Waals surface area contributed by atoms with E-state index in [-0.39, 0.29) is 12.3 Å². The molecule has 152 valence electrons. The number of ether oxygens (including phenoxy) is 3. The molecule has 0 spiro atoms. The van der Waals surface area contributed by atoms with Crippen LogP contribution < -0.4 is 14.2 Å². The molecular formula is C25H24N2O3. The van der Waals surface area contributed by atoms with E-state index in [0.717, 1.165) is 46.1 Å². The van der Waals surface area contributed by atoms with Gasteiger partial charge in [-0.15, -0.1) is 0 Å². The van der Waals surface area contributed by atoms with Crippen molar-refractivity contribution in [1.82, 2.24) is 5.01 Å². The molecule has 2 heterocycles. The van der Waals surface area contributed by atoms with Crippen LogP contribution in [0.5, 0.6) is 17.2 Å². The average molecular weight is 400 g/mol. The van der Waals surface area contributed by atoms with Crippen LogP contribution in [0.4, 0.5) is 0 Å². The molecule has 2 aliphatic rings. The van der Waals surface area contributed by atoms with Crippen molar-refractivity contribution < 1.29 is 14.2 Å². The molecule has 0 amide bonds. The van der Waals surface area contributed by atoms with E-state index in [1.54, 1.807) is 7.11 Å². The Morgan fingerprint density at radius 1 is 0.967 bits per heavy atom. The molecule has 0 fully saturated rings. The van der Waals surface area contributed by atoms with Gasteiger partial charge in [0.05, 0.1) is 31.0 Å². The Labute approximate surface area is 176 Å². The van der Waals surface area contributed by atoms with E-state index in [2.05, 4.69) is 35.3 Å². The van der Waals surface area contributed by atoms with Crippen molar-refractivity contribution in [2.24, 2.45) is 5.10 Å². The highest BCUT2D eigenvalue weighted by molar-refractivity contribution is 6.02. The summed E-state index contributed by atoms with van der Waals surface area (Å²) in [7, 11) is 1.68. The minimum Gasteiger partial charge on any atom is -0.497 e. The fourth-order valence-corrected chi connectivity index (χ4v) is 4.17. The van der Waals surface area contributed by atoms with Crippen LogP contribution in [0.15, 0.2) is 77.9 Å². The number of para-hydroxylation sites is 2. The first kappa shape index (κ1) is 18.6. The maximum Gasteiger partial charge on any atom is 0.217 e. The van der Waals surface area contributed by atoms with Gasteiger partial charge >= 0.3 is 0 Å². The van der Waals surface area contributed by atoms with Crippen molar-refractivity contribution in [3.63, 3.8) is 0 Å². The first-order valence-electron chi connectivity index (χ1n) is 10.3. The van der Waals surface area contributed by atoms with Crippen molar-refractivity contribution >= 4 is 5.71 Å². The summed E-state index contributed by atoms with van der Waals surface area (Å²) >= 11 is 0. The zero-order valence-corrected chi connectivity index (χ0v) is 17.1. The Kier molecular flexibility index (Phi) is 4.79. The van der Waals surface area contributed by atoms with E-state index < -0.39 is 0 Å². The molecule has 5 heteroatoms. The molecular weight excluding hydrogens is 376 g/mol. The maximum atomic E-state index is 6.46. The molecule has 0 N–H and O–H groups in total. The molecule has 3 aromatic rings. The quantitative estimate of drug-likeness (QED) is 0.580. The van der Waals surface area contributed by atoms with Crippen molar-refractivity contribution in [1.29, 1.82) is 0 Å². The van der Waals surface area contributed by atoms with Gasteiger partial charge in [-0.25, -0.2) is 5.01 Å². The molecule has 0 saturated carbocycles. The van der Waals surface area contributed by atoms with Crippen LogP contribution in [-0.4, -0.2) is 24.4 Å². The minimum absolute atomic E-state index is 0.117. The van der Waals surface area contributed by atoms with Crippen LogP contribution in [0.25, 0.3) is 0 Å². The van der Waals surface area contributed by atoms with Gasteiger partial charge in [0.2, 0.25) is 6.23 Å². The highest BCUT2D eigenvalue weighted by Crippen LogP contribution is 2.48. The number of methoxy groups -OCH3 is 1. The largest absolute Gasteiger partial charge is 0.497 e. The monoisotopic (exact) mass is 400 g/mol. The molecule has 0 bridgehead atoms. The second-order valence-electron chi connectivity index (χ2n) is 7.35. The predicted molar refractivity (Wildman–Crippen MR) is 116 cm³/mol. The van der Waals surface area contributed by atoms with Gasteiger partial charge in [0, 0.05) is 12.0 Å². The van der Waals surface area contributed by atoms with E-state index in [1.165, 1.54) is 0 Å². The topological polar surface area (TPSA) is 43.3 Å². The number of nitrogens with zero attached hydrogens (tertiary/aromatic N) is 2. The lowest BCUT2D eigenvalue weighted by Gasteiger charge is -2.38. The third-order valence-electron chi connectivity index (χ3n) is 5.61. The Bertz CT molecular complexity index is 1080. The SMILES string of the molecule is CCOc1ccccc1C1Oc2ccccc2C2CC(c3ccc(OC)cc3)=NN21. The minimum atomic E-state index is -0.344. The molecule has 0 aliphatic carbocycles. The molecule has 3 aromatic carbocycles. The van der Waals surface area contributed by atoms with E-state index in [9.17, 15) is 0 Å². The van der Waals surface area contributed by atoms with Gasteiger partial charge in [0.15, 0.2) is 0 Å². The van der Waals surface area contributed by atoms with Gasteiger partial charge in [0.25, 0.3) is 0 Å². The summed E-state index contributed by atoms with van der Waals surface area (Å²) in [6, 6.07) is 24.5. The number of hydrogen-bond donors (Lipinski definition) is 0. The predicted octanol–water partition coefficient (Wildman–Crippen LogP) is 5.34. The van der Waals surface area contributed by atoms with Crippen molar-refractivity contribution in [2.45, 2.75) is 25.6 Å². The number of hydrazone groups is 1. The second-order valence-corrected chi connectivity index (χ2v) is 7.35. The Morgan fingerprint density at radius 3 is 2.47 bits per heavy atom. The van der Waals surface area contributed by atoms with Crippen molar-refractivity contribution in [2.75, 3.05) is 13.7 Å². The van der Waals surface area contributed by atoms with Gasteiger partial charge in [-0.2, -0.15) is 5.10 Å².